The van der Waals surface area contributed by atoms with Gasteiger partial charge in [-0.2, -0.15) is 0 Å². The summed E-state index contributed by atoms with van der Waals surface area (Å²) in [6.07, 6.45) is 0. The van der Waals surface area contributed by atoms with E-state index in [-0.39, 0.29) is 12.5 Å². The van der Waals surface area contributed by atoms with Crippen molar-refractivity contribution in [3.63, 3.8) is 0 Å². The van der Waals surface area contributed by atoms with Crippen LogP contribution in [-0.2, 0) is 9.53 Å². The van der Waals surface area contributed by atoms with Crippen LogP contribution in [0.25, 0.3) is 0 Å². The van der Waals surface area contributed by atoms with Gasteiger partial charge in [-0.05, 0) is 55.8 Å². The van der Waals surface area contributed by atoms with E-state index in [0.29, 0.717) is 29.4 Å². The SMILES string of the molecule is CCOC(=O)c1ccc(NC(=O)COc2ccc(C)cc2OC)cc1. The van der Waals surface area contributed by atoms with Crippen molar-refractivity contribution in [1.29, 1.82) is 0 Å². The Balaban J connectivity index is 1.91. The molecule has 0 unspecified atom stereocenters. The Hall–Kier alpha value is -3.02. The molecular weight excluding hydrogens is 322 g/mol. The molecule has 0 aliphatic carbocycles. The molecule has 132 valence electrons. The minimum Gasteiger partial charge on any atom is -0.493 e. The van der Waals surface area contributed by atoms with Gasteiger partial charge in [0, 0.05) is 5.69 Å². The number of methoxy groups -OCH3 is 1. The van der Waals surface area contributed by atoms with Crippen LogP contribution in [0.1, 0.15) is 22.8 Å². The highest BCUT2D eigenvalue weighted by atomic mass is 16.5. The second-order valence-corrected chi connectivity index (χ2v) is 5.29. The normalized spacial score (nSPS) is 10.0. The fourth-order valence-electron chi connectivity index (χ4n) is 2.14. The molecule has 0 fully saturated rings. The number of aryl methyl sites for hydroxylation is 1. The Morgan fingerprint density at radius 3 is 2.40 bits per heavy atom. The molecule has 6 heteroatoms. The minimum absolute atomic E-state index is 0.154. The molecular formula is C19H21NO5. The van der Waals surface area contributed by atoms with Crippen LogP contribution < -0.4 is 14.8 Å². The molecule has 1 amide bonds. The van der Waals surface area contributed by atoms with Crippen molar-refractivity contribution >= 4 is 17.6 Å². The predicted octanol–water partition coefficient (Wildman–Crippen LogP) is 3.20. The molecule has 0 saturated heterocycles. The number of esters is 1. The van der Waals surface area contributed by atoms with Crippen LogP contribution in [0, 0.1) is 6.92 Å². The summed E-state index contributed by atoms with van der Waals surface area (Å²) in [7, 11) is 1.55. The molecule has 0 aliphatic heterocycles. The smallest absolute Gasteiger partial charge is 0.338 e. The Morgan fingerprint density at radius 2 is 1.76 bits per heavy atom. The summed E-state index contributed by atoms with van der Waals surface area (Å²) in [5.41, 5.74) is 2.04. The number of anilines is 1. The van der Waals surface area contributed by atoms with E-state index in [9.17, 15) is 9.59 Å². The quantitative estimate of drug-likeness (QED) is 0.782. The maximum absolute atomic E-state index is 12.0. The second-order valence-electron chi connectivity index (χ2n) is 5.29. The topological polar surface area (TPSA) is 73.9 Å². The average Bonchev–Trinajstić information content (AvgIpc) is 2.61. The lowest BCUT2D eigenvalue weighted by Gasteiger charge is -2.11. The molecule has 25 heavy (non-hydrogen) atoms. The third-order valence-corrected chi connectivity index (χ3v) is 3.36. The van der Waals surface area contributed by atoms with E-state index in [0.717, 1.165) is 5.56 Å². The maximum Gasteiger partial charge on any atom is 0.338 e. The molecule has 0 aliphatic rings. The third kappa shape index (κ3) is 5.24. The number of carbonyl (C=O) groups excluding carboxylic acids is 2. The van der Waals surface area contributed by atoms with Crippen LogP contribution in [0.5, 0.6) is 11.5 Å². The standard InChI is InChI=1S/C19H21NO5/c1-4-24-19(22)14-6-8-15(9-7-14)20-18(21)12-25-16-10-5-13(2)11-17(16)23-3/h5-11H,4,12H2,1-3H3,(H,20,21). The van der Waals surface area contributed by atoms with Crippen molar-refractivity contribution in [1.82, 2.24) is 0 Å². The molecule has 6 nitrogen and oxygen atoms in total. The van der Waals surface area contributed by atoms with Crippen LogP contribution >= 0.6 is 0 Å². The highest BCUT2D eigenvalue weighted by Crippen LogP contribution is 2.27. The first-order valence-electron chi connectivity index (χ1n) is 7.88. The monoisotopic (exact) mass is 343 g/mol. The van der Waals surface area contributed by atoms with Gasteiger partial charge in [-0.3, -0.25) is 4.79 Å². The first-order chi connectivity index (χ1) is 12.0. The summed E-state index contributed by atoms with van der Waals surface area (Å²) in [5, 5.41) is 2.70. The van der Waals surface area contributed by atoms with Crippen molar-refractivity contribution in [3.8, 4) is 11.5 Å². The summed E-state index contributed by atoms with van der Waals surface area (Å²) >= 11 is 0. The first kappa shape index (κ1) is 18.3. The molecule has 2 rings (SSSR count). The maximum atomic E-state index is 12.0. The van der Waals surface area contributed by atoms with Crippen LogP contribution in [0.2, 0.25) is 0 Å². The Morgan fingerprint density at radius 1 is 1.04 bits per heavy atom. The summed E-state index contributed by atoms with van der Waals surface area (Å²) in [6.45, 7) is 3.85. The number of amides is 1. The summed E-state index contributed by atoms with van der Waals surface area (Å²) < 4.78 is 15.6. The lowest BCUT2D eigenvalue weighted by atomic mass is 10.2. The number of hydrogen-bond acceptors (Lipinski definition) is 5. The van der Waals surface area contributed by atoms with E-state index in [4.69, 9.17) is 14.2 Å². The van der Waals surface area contributed by atoms with Crippen LogP contribution in [-0.4, -0.2) is 32.2 Å². The van der Waals surface area contributed by atoms with Gasteiger partial charge in [0.15, 0.2) is 18.1 Å². The summed E-state index contributed by atoms with van der Waals surface area (Å²) in [5.74, 6) is 0.370. The number of hydrogen-bond donors (Lipinski definition) is 1. The number of carbonyl (C=O) groups is 2. The van der Waals surface area contributed by atoms with Gasteiger partial charge in [-0.15, -0.1) is 0 Å². The van der Waals surface area contributed by atoms with E-state index >= 15 is 0 Å². The highest BCUT2D eigenvalue weighted by Gasteiger charge is 2.09. The summed E-state index contributed by atoms with van der Waals surface area (Å²) in [4.78, 5) is 23.6. The van der Waals surface area contributed by atoms with Gasteiger partial charge < -0.3 is 19.5 Å². The fraction of sp³-hybridized carbons (Fsp3) is 0.263. The molecule has 0 spiro atoms. The Labute approximate surface area is 146 Å². The van der Waals surface area contributed by atoms with E-state index in [1.165, 1.54) is 0 Å². The molecule has 1 N–H and O–H groups in total. The molecule has 0 aromatic heterocycles. The molecule has 0 radical (unpaired) electrons. The molecule has 0 heterocycles. The van der Waals surface area contributed by atoms with Gasteiger partial charge in [0.2, 0.25) is 0 Å². The van der Waals surface area contributed by atoms with Crippen molar-refractivity contribution in [2.45, 2.75) is 13.8 Å². The minimum atomic E-state index is -0.393. The van der Waals surface area contributed by atoms with Gasteiger partial charge in [-0.1, -0.05) is 6.07 Å². The molecule has 2 aromatic rings. The van der Waals surface area contributed by atoms with Gasteiger partial charge in [0.25, 0.3) is 5.91 Å². The molecule has 0 bridgehead atoms. The van der Waals surface area contributed by atoms with Crippen molar-refractivity contribution in [2.24, 2.45) is 0 Å². The van der Waals surface area contributed by atoms with E-state index in [1.54, 1.807) is 44.4 Å². The summed E-state index contributed by atoms with van der Waals surface area (Å²) in [6, 6.07) is 11.9. The third-order valence-electron chi connectivity index (χ3n) is 3.36. The number of ether oxygens (including phenoxy) is 3. The van der Waals surface area contributed by atoms with Crippen molar-refractivity contribution in [3.05, 3.63) is 53.6 Å². The van der Waals surface area contributed by atoms with Gasteiger partial charge in [-0.25, -0.2) is 4.79 Å². The second kappa shape index (κ2) is 8.73. The zero-order chi connectivity index (χ0) is 18.2. The number of benzene rings is 2. The van der Waals surface area contributed by atoms with Crippen molar-refractivity contribution in [2.75, 3.05) is 25.6 Å². The van der Waals surface area contributed by atoms with E-state index in [1.807, 2.05) is 19.1 Å². The Bertz CT molecular complexity index is 740. The largest absolute Gasteiger partial charge is 0.493 e. The Kier molecular flexibility index (Phi) is 6.39. The lowest BCUT2D eigenvalue weighted by molar-refractivity contribution is -0.118. The van der Waals surface area contributed by atoms with Crippen LogP contribution in [0.3, 0.4) is 0 Å². The lowest BCUT2D eigenvalue weighted by Crippen LogP contribution is -2.20. The average molecular weight is 343 g/mol. The van der Waals surface area contributed by atoms with Crippen LogP contribution in [0.4, 0.5) is 5.69 Å². The van der Waals surface area contributed by atoms with Gasteiger partial charge >= 0.3 is 5.97 Å². The molecule has 0 atom stereocenters. The van der Waals surface area contributed by atoms with E-state index < -0.39 is 5.97 Å². The van der Waals surface area contributed by atoms with Crippen LogP contribution in [0.15, 0.2) is 42.5 Å². The van der Waals surface area contributed by atoms with E-state index in [2.05, 4.69) is 5.32 Å². The zero-order valence-electron chi connectivity index (χ0n) is 14.5. The highest BCUT2D eigenvalue weighted by molar-refractivity contribution is 5.93. The van der Waals surface area contributed by atoms with Crippen molar-refractivity contribution < 1.29 is 23.8 Å². The number of nitrogens with one attached hydrogen (secondary N) is 1. The predicted molar refractivity (Wildman–Crippen MR) is 94.3 cm³/mol. The fourth-order valence-corrected chi connectivity index (χ4v) is 2.14. The zero-order valence-corrected chi connectivity index (χ0v) is 14.5. The number of rotatable bonds is 7. The van der Waals surface area contributed by atoms with Gasteiger partial charge in [0.05, 0.1) is 19.3 Å². The molecule has 0 saturated carbocycles. The van der Waals surface area contributed by atoms with Gasteiger partial charge in [0.1, 0.15) is 0 Å². The molecule has 2 aromatic carbocycles. The first-order valence-corrected chi connectivity index (χ1v) is 7.88.